The zero-order chi connectivity index (χ0) is 13.0. The Balaban J connectivity index is 2.00. The van der Waals surface area contributed by atoms with Crippen molar-refractivity contribution in [1.82, 2.24) is 0 Å². The average Bonchev–Trinajstić information content (AvgIpc) is 2.85. The summed E-state index contributed by atoms with van der Waals surface area (Å²) in [5.74, 6) is 0.424. The van der Waals surface area contributed by atoms with Gasteiger partial charge in [-0.15, -0.1) is 0 Å². The Hall–Kier alpha value is -2.04. The fourth-order valence-corrected chi connectivity index (χ4v) is 1.87. The normalized spacial score (nSPS) is 18.1. The van der Waals surface area contributed by atoms with Crippen LogP contribution >= 0.6 is 0 Å². The molecule has 1 N–H and O–H groups in total. The Bertz CT molecular complexity index is 470. The number of para-hydroxylation sites is 1. The van der Waals surface area contributed by atoms with Crippen LogP contribution in [0.4, 0.5) is 0 Å². The van der Waals surface area contributed by atoms with Crippen LogP contribution in [-0.2, 0) is 9.53 Å². The maximum absolute atomic E-state index is 10.5. The maximum atomic E-state index is 10.5. The van der Waals surface area contributed by atoms with Gasteiger partial charge in [0.2, 0.25) is 0 Å². The van der Waals surface area contributed by atoms with Crippen LogP contribution in [0.3, 0.4) is 0 Å². The number of aliphatic imine (C=N–C) groups is 1. The van der Waals surface area contributed by atoms with E-state index in [2.05, 4.69) is 4.99 Å². The van der Waals surface area contributed by atoms with E-state index in [1.807, 2.05) is 24.3 Å². The number of nitrogens with zero attached hydrogens (tertiary/aromatic N) is 1. The second kappa shape index (κ2) is 5.53. The van der Waals surface area contributed by atoms with Crippen molar-refractivity contribution in [2.45, 2.75) is 18.9 Å². The first-order valence-electron chi connectivity index (χ1n) is 5.75. The molecule has 1 aliphatic rings. The molecule has 0 bridgehead atoms. The lowest BCUT2D eigenvalue weighted by Crippen LogP contribution is -2.08. The summed E-state index contributed by atoms with van der Waals surface area (Å²) in [5.41, 5.74) is 0.939. The highest BCUT2D eigenvalue weighted by Crippen LogP contribution is 2.31. The van der Waals surface area contributed by atoms with Gasteiger partial charge >= 0.3 is 5.97 Å². The molecule has 1 unspecified atom stereocenters. The first-order chi connectivity index (χ1) is 8.70. The fourth-order valence-electron chi connectivity index (χ4n) is 1.87. The number of aliphatic carboxylic acids is 1. The number of carboxylic acids is 1. The molecule has 0 saturated carbocycles. The summed E-state index contributed by atoms with van der Waals surface area (Å²) in [5, 5.41) is 8.61. The minimum atomic E-state index is -0.845. The van der Waals surface area contributed by atoms with E-state index in [4.69, 9.17) is 14.6 Å². The van der Waals surface area contributed by atoms with Gasteiger partial charge in [0.25, 0.3) is 0 Å². The number of benzene rings is 1. The summed E-state index contributed by atoms with van der Waals surface area (Å²) in [4.78, 5) is 14.7. The molecule has 0 fully saturated rings. The number of carbonyl (C=O) groups is 1. The first-order valence-corrected chi connectivity index (χ1v) is 5.75. The van der Waals surface area contributed by atoms with Gasteiger partial charge in [-0.25, -0.2) is 0 Å². The van der Waals surface area contributed by atoms with E-state index in [1.165, 1.54) is 0 Å². The largest absolute Gasteiger partial charge is 0.496 e. The molecule has 1 aromatic carbocycles. The minimum absolute atomic E-state index is 0.0392. The van der Waals surface area contributed by atoms with Crippen LogP contribution in [0.1, 0.15) is 24.5 Å². The van der Waals surface area contributed by atoms with E-state index in [1.54, 1.807) is 7.11 Å². The molecule has 0 amide bonds. The molecule has 5 nitrogen and oxygen atoms in total. The number of ether oxygens (including phenoxy) is 2. The SMILES string of the molecule is COc1ccccc1C1CN=C(CCC(=O)O)O1. The average molecular weight is 249 g/mol. The second-order valence-electron chi connectivity index (χ2n) is 3.98. The lowest BCUT2D eigenvalue weighted by Gasteiger charge is -2.14. The van der Waals surface area contributed by atoms with Crippen molar-refractivity contribution in [2.75, 3.05) is 13.7 Å². The van der Waals surface area contributed by atoms with Crippen molar-refractivity contribution in [2.24, 2.45) is 4.99 Å². The molecule has 1 atom stereocenters. The number of hydrogen-bond acceptors (Lipinski definition) is 4. The molecule has 1 aliphatic heterocycles. The molecule has 0 aliphatic carbocycles. The first kappa shape index (κ1) is 12.4. The van der Waals surface area contributed by atoms with Crippen LogP contribution in [0, 0.1) is 0 Å². The summed E-state index contributed by atoms with van der Waals surface area (Å²) < 4.78 is 10.9. The molecule has 0 spiro atoms. The lowest BCUT2D eigenvalue weighted by molar-refractivity contribution is -0.136. The molecule has 5 heteroatoms. The van der Waals surface area contributed by atoms with Crippen LogP contribution in [0.2, 0.25) is 0 Å². The van der Waals surface area contributed by atoms with Gasteiger partial charge in [-0.2, -0.15) is 0 Å². The summed E-state index contributed by atoms with van der Waals surface area (Å²) in [6.45, 7) is 0.509. The van der Waals surface area contributed by atoms with Gasteiger partial charge in [-0.3, -0.25) is 9.79 Å². The molecule has 0 saturated heterocycles. The van der Waals surface area contributed by atoms with E-state index in [0.29, 0.717) is 18.9 Å². The molecule has 2 rings (SSSR count). The summed E-state index contributed by atoms with van der Waals surface area (Å²) in [6, 6.07) is 7.60. The van der Waals surface area contributed by atoms with E-state index < -0.39 is 5.97 Å². The van der Waals surface area contributed by atoms with Crippen LogP contribution in [0.25, 0.3) is 0 Å². The van der Waals surface area contributed by atoms with Crippen LogP contribution in [-0.4, -0.2) is 30.6 Å². The van der Waals surface area contributed by atoms with Gasteiger partial charge in [-0.1, -0.05) is 18.2 Å². The fraction of sp³-hybridized carbons (Fsp3) is 0.385. The summed E-state index contributed by atoms with van der Waals surface area (Å²) in [7, 11) is 1.61. The van der Waals surface area contributed by atoms with Gasteiger partial charge in [0.15, 0.2) is 5.90 Å². The number of rotatable bonds is 5. The van der Waals surface area contributed by atoms with Gasteiger partial charge < -0.3 is 14.6 Å². The van der Waals surface area contributed by atoms with Gasteiger partial charge in [0.05, 0.1) is 20.1 Å². The smallest absolute Gasteiger partial charge is 0.303 e. The topological polar surface area (TPSA) is 68.1 Å². The highest BCUT2D eigenvalue weighted by Gasteiger charge is 2.24. The maximum Gasteiger partial charge on any atom is 0.303 e. The Morgan fingerprint density at radius 2 is 2.33 bits per heavy atom. The summed E-state index contributed by atoms with van der Waals surface area (Å²) in [6.07, 6.45) is 0.197. The lowest BCUT2D eigenvalue weighted by atomic mass is 10.1. The van der Waals surface area contributed by atoms with E-state index >= 15 is 0 Å². The van der Waals surface area contributed by atoms with E-state index in [9.17, 15) is 4.79 Å². The quantitative estimate of drug-likeness (QED) is 0.867. The van der Waals surface area contributed by atoms with E-state index in [-0.39, 0.29) is 12.5 Å². The molecule has 0 aromatic heterocycles. The number of methoxy groups -OCH3 is 1. The Morgan fingerprint density at radius 3 is 3.06 bits per heavy atom. The monoisotopic (exact) mass is 249 g/mol. The Morgan fingerprint density at radius 1 is 1.56 bits per heavy atom. The third kappa shape index (κ3) is 2.80. The van der Waals surface area contributed by atoms with Gasteiger partial charge in [0.1, 0.15) is 11.9 Å². The Kier molecular flexibility index (Phi) is 3.82. The van der Waals surface area contributed by atoms with Crippen molar-refractivity contribution < 1.29 is 19.4 Å². The highest BCUT2D eigenvalue weighted by molar-refractivity contribution is 5.82. The van der Waals surface area contributed by atoms with Crippen LogP contribution in [0.15, 0.2) is 29.3 Å². The molecule has 1 heterocycles. The van der Waals surface area contributed by atoms with Crippen LogP contribution < -0.4 is 4.74 Å². The summed E-state index contributed by atoms with van der Waals surface area (Å²) >= 11 is 0. The van der Waals surface area contributed by atoms with Crippen molar-refractivity contribution >= 4 is 11.9 Å². The number of carboxylic acid groups (broad SMARTS) is 1. The third-order valence-electron chi connectivity index (χ3n) is 2.75. The Labute approximate surface area is 105 Å². The van der Waals surface area contributed by atoms with Crippen molar-refractivity contribution in [3.8, 4) is 5.75 Å². The molecular weight excluding hydrogens is 234 g/mol. The standard InChI is InChI=1S/C13H15NO4/c1-17-10-5-3-2-4-9(10)11-8-14-12(18-11)6-7-13(15)16/h2-5,11H,6-8H2,1H3,(H,15,16). The zero-order valence-corrected chi connectivity index (χ0v) is 10.1. The van der Waals surface area contributed by atoms with Crippen LogP contribution in [0.5, 0.6) is 5.75 Å². The molecule has 0 radical (unpaired) electrons. The molecule has 1 aromatic rings. The van der Waals surface area contributed by atoms with Crippen molar-refractivity contribution in [3.63, 3.8) is 0 Å². The predicted molar refractivity (Wildman–Crippen MR) is 66.0 cm³/mol. The molecular formula is C13H15NO4. The minimum Gasteiger partial charge on any atom is -0.496 e. The van der Waals surface area contributed by atoms with Gasteiger partial charge in [0, 0.05) is 12.0 Å². The van der Waals surface area contributed by atoms with Crippen molar-refractivity contribution in [3.05, 3.63) is 29.8 Å². The molecule has 18 heavy (non-hydrogen) atoms. The van der Waals surface area contributed by atoms with Gasteiger partial charge in [-0.05, 0) is 6.07 Å². The van der Waals surface area contributed by atoms with E-state index in [0.717, 1.165) is 11.3 Å². The predicted octanol–water partition coefficient (Wildman–Crippen LogP) is 2.03. The number of hydrogen-bond donors (Lipinski definition) is 1. The van der Waals surface area contributed by atoms with Crippen molar-refractivity contribution in [1.29, 1.82) is 0 Å². The third-order valence-corrected chi connectivity index (χ3v) is 2.75. The molecule has 96 valence electrons. The zero-order valence-electron chi connectivity index (χ0n) is 10.1. The highest BCUT2D eigenvalue weighted by atomic mass is 16.5. The second-order valence-corrected chi connectivity index (χ2v) is 3.98.